The molecule has 0 bridgehead atoms. The molecule has 1 aliphatic rings. The van der Waals surface area contributed by atoms with Crippen LogP contribution in [0.5, 0.6) is 0 Å². The number of anilines is 1. The Balaban J connectivity index is 2.24. The van der Waals surface area contributed by atoms with Gasteiger partial charge < -0.3 is 10.6 Å². The maximum absolute atomic E-state index is 12.0. The second-order valence-electron chi connectivity index (χ2n) is 4.71. The van der Waals surface area contributed by atoms with Crippen molar-refractivity contribution in [3.8, 4) is 0 Å². The van der Waals surface area contributed by atoms with Crippen molar-refractivity contribution in [2.45, 2.75) is 25.9 Å². The van der Waals surface area contributed by atoms with Gasteiger partial charge in [-0.15, -0.1) is 0 Å². The first kappa shape index (κ1) is 12.3. The highest BCUT2D eigenvalue weighted by atomic mass is 16.2. The number of carbonyl (C=O) groups excluding carboxylic acids is 2. The summed E-state index contributed by atoms with van der Waals surface area (Å²) >= 11 is 0. The van der Waals surface area contributed by atoms with Gasteiger partial charge >= 0.3 is 6.03 Å². The van der Waals surface area contributed by atoms with Crippen molar-refractivity contribution in [2.24, 2.45) is 0 Å². The molecule has 0 spiro atoms. The van der Waals surface area contributed by atoms with E-state index in [0.29, 0.717) is 5.82 Å². The third kappa shape index (κ3) is 2.01. The smallest absolute Gasteiger partial charge is 0.325 e. The molecule has 1 aromatic heterocycles. The van der Waals surface area contributed by atoms with E-state index in [9.17, 15) is 9.59 Å². The van der Waals surface area contributed by atoms with E-state index >= 15 is 0 Å². The van der Waals surface area contributed by atoms with E-state index in [1.807, 2.05) is 6.07 Å². The van der Waals surface area contributed by atoms with Crippen LogP contribution in [0.15, 0.2) is 18.3 Å². The number of carbonyl (C=O) groups is 2. The van der Waals surface area contributed by atoms with Crippen LogP contribution in [-0.4, -0.2) is 34.4 Å². The second-order valence-corrected chi connectivity index (χ2v) is 4.71. The normalized spacial score (nSPS) is 17.8. The number of nitrogens with one attached hydrogen (secondary N) is 2. The average molecular weight is 248 g/mol. The van der Waals surface area contributed by atoms with Crippen molar-refractivity contribution in [3.63, 3.8) is 0 Å². The molecule has 6 nitrogen and oxygen atoms in total. The molecule has 2 heterocycles. The summed E-state index contributed by atoms with van der Waals surface area (Å²) in [6.45, 7) is 3.60. The number of hydrogen-bond acceptors (Lipinski definition) is 4. The Bertz CT molecular complexity index is 499. The Kier molecular flexibility index (Phi) is 2.94. The van der Waals surface area contributed by atoms with Gasteiger partial charge in [0.1, 0.15) is 11.4 Å². The number of urea groups is 1. The summed E-state index contributed by atoms with van der Waals surface area (Å²) in [5.74, 6) is 0.446. The topological polar surface area (TPSA) is 74.3 Å². The first-order valence-corrected chi connectivity index (χ1v) is 5.71. The lowest BCUT2D eigenvalue weighted by Crippen LogP contribution is -2.40. The number of pyridine rings is 1. The molecule has 3 amide bonds. The van der Waals surface area contributed by atoms with Gasteiger partial charge in [0.15, 0.2) is 0 Å². The lowest BCUT2D eigenvalue weighted by molar-refractivity contribution is -0.130. The highest BCUT2D eigenvalue weighted by molar-refractivity contribution is 6.06. The van der Waals surface area contributed by atoms with Gasteiger partial charge in [-0.2, -0.15) is 0 Å². The van der Waals surface area contributed by atoms with Gasteiger partial charge in [-0.05, 0) is 19.9 Å². The van der Waals surface area contributed by atoms with E-state index in [0.717, 1.165) is 5.56 Å². The lowest BCUT2D eigenvalue weighted by Gasteiger charge is -2.17. The Hall–Kier alpha value is -2.11. The Morgan fingerprint density at radius 1 is 1.44 bits per heavy atom. The van der Waals surface area contributed by atoms with Crippen LogP contribution >= 0.6 is 0 Å². The van der Waals surface area contributed by atoms with Gasteiger partial charge in [0.05, 0.1) is 6.54 Å². The maximum atomic E-state index is 12.0. The van der Waals surface area contributed by atoms with Crippen LogP contribution in [0.2, 0.25) is 0 Å². The molecule has 0 aromatic carbocycles. The second kappa shape index (κ2) is 4.29. The molecule has 2 N–H and O–H groups in total. The third-order valence-corrected chi connectivity index (χ3v) is 2.90. The standard InChI is InChI=1S/C12H16N4O2/c1-12(2)10(17)16(11(18)15-12)7-8-5-4-6-14-9(8)13-3/h4-6H,7H2,1-3H3,(H,13,14)(H,15,18). The van der Waals surface area contributed by atoms with Crippen LogP contribution < -0.4 is 10.6 Å². The summed E-state index contributed by atoms with van der Waals surface area (Å²) in [4.78, 5) is 29.2. The van der Waals surface area contributed by atoms with Gasteiger partial charge in [0.25, 0.3) is 5.91 Å². The zero-order valence-corrected chi connectivity index (χ0v) is 10.7. The monoisotopic (exact) mass is 248 g/mol. The fourth-order valence-electron chi connectivity index (χ4n) is 1.92. The van der Waals surface area contributed by atoms with Crippen molar-refractivity contribution in [1.82, 2.24) is 15.2 Å². The largest absolute Gasteiger partial charge is 0.373 e. The van der Waals surface area contributed by atoms with Gasteiger partial charge in [-0.25, -0.2) is 9.78 Å². The van der Waals surface area contributed by atoms with Gasteiger partial charge in [0, 0.05) is 18.8 Å². The summed E-state index contributed by atoms with van der Waals surface area (Å²) in [6.07, 6.45) is 1.66. The Morgan fingerprint density at radius 3 is 2.72 bits per heavy atom. The molecule has 2 rings (SSSR count). The first-order valence-electron chi connectivity index (χ1n) is 5.71. The quantitative estimate of drug-likeness (QED) is 0.781. The maximum Gasteiger partial charge on any atom is 0.325 e. The third-order valence-electron chi connectivity index (χ3n) is 2.90. The van der Waals surface area contributed by atoms with E-state index in [1.54, 1.807) is 33.2 Å². The summed E-state index contributed by atoms with van der Waals surface area (Å²) in [5.41, 5.74) is -0.0276. The van der Waals surface area contributed by atoms with Gasteiger partial charge in [-0.1, -0.05) is 6.07 Å². The zero-order chi connectivity index (χ0) is 13.3. The molecule has 1 aromatic rings. The highest BCUT2D eigenvalue weighted by Gasteiger charge is 2.44. The lowest BCUT2D eigenvalue weighted by atomic mass is 10.1. The van der Waals surface area contributed by atoms with E-state index < -0.39 is 5.54 Å². The zero-order valence-electron chi connectivity index (χ0n) is 10.7. The molecular weight excluding hydrogens is 232 g/mol. The fourth-order valence-corrected chi connectivity index (χ4v) is 1.92. The minimum atomic E-state index is -0.834. The van der Waals surface area contributed by atoms with E-state index in [4.69, 9.17) is 0 Å². The summed E-state index contributed by atoms with van der Waals surface area (Å²) < 4.78 is 0. The highest BCUT2D eigenvalue weighted by Crippen LogP contribution is 2.21. The number of amides is 3. The average Bonchev–Trinajstić information content (AvgIpc) is 2.52. The molecule has 1 saturated heterocycles. The summed E-state index contributed by atoms with van der Waals surface area (Å²) in [6, 6.07) is 3.25. The van der Waals surface area contributed by atoms with Crippen LogP contribution in [0.25, 0.3) is 0 Å². The van der Waals surface area contributed by atoms with Crippen molar-refractivity contribution >= 4 is 17.8 Å². The van der Waals surface area contributed by atoms with Crippen LogP contribution in [0, 0.1) is 0 Å². The van der Waals surface area contributed by atoms with Crippen molar-refractivity contribution in [1.29, 1.82) is 0 Å². The van der Waals surface area contributed by atoms with Crippen molar-refractivity contribution in [3.05, 3.63) is 23.9 Å². The van der Waals surface area contributed by atoms with Crippen molar-refractivity contribution in [2.75, 3.05) is 12.4 Å². The van der Waals surface area contributed by atoms with E-state index in [2.05, 4.69) is 15.6 Å². The molecule has 0 saturated carbocycles. The predicted molar refractivity (Wildman–Crippen MR) is 66.9 cm³/mol. The Morgan fingerprint density at radius 2 is 2.17 bits per heavy atom. The number of nitrogens with zero attached hydrogens (tertiary/aromatic N) is 2. The van der Waals surface area contributed by atoms with Crippen LogP contribution in [0.1, 0.15) is 19.4 Å². The summed E-state index contributed by atoms with van der Waals surface area (Å²) in [7, 11) is 1.75. The predicted octanol–water partition coefficient (Wildman–Crippen LogP) is 0.954. The fraction of sp³-hybridized carbons (Fsp3) is 0.417. The number of aromatic nitrogens is 1. The van der Waals surface area contributed by atoms with Crippen LogP contribution in [0.4, 0.5) is 10.6 Å². The van der Waals surface area contributed by atoms with E-state index in [-0.39, 0.29) is 18.5 Å². The molecule has 0 radical (unpaired) electrons. The number of imide groups is 1. The summed E-state index contributed by atoms with van der Waals surface area (Å²) in [5, 5.41) is 5.59. The molecule has 0 aliphatic carbocycles. The molecule has 1 aliphatic heterocycles. The van der Waals surface area contributed by atoms with E-state index in [1.165, 1.54) is 4.90 Å². The minimum Gasteiger partial charge on any atom is -0.373 e. The number of hydrogen-bond donors (Lipinski definition) is 2. The molecule has 0 atom stereocenters. The SMILES string of the molecule is CNc1ncccc1CN1C(=O)NC(C)(C)C1=O. The van der Waals surface area contributed by atoms with Crippen LogP contribution in [-0.2, 0) is 11.3 Å². The molecule has 96 valence electrons. The molecule has 18 heavy (non-hydrogen) atoms. The van der Waals surface area contributed by atoms with Gasteiger partial charge in [-0.3, -0.25) is 9.69 Å². The molecule has 0 unspecified atom stereocenters. The molecular formula is C12H16N4O2. The molecule has 1 fully saturated rings. The van der Waals surface area contributed by atoms with Gasteiger partial charge in [0.2, 0.25) is 0 Å². The van der Waals surface area contributed by atoms with Crippen LogP contribution in [0.3, 0.4) is 0 Å². The first-order chi connectivity index (χ1) is 8.45. The molecule has 6 heteroatoms. The van der Waals surface area contributed by atoms with Crippen molar-refractivity contribution < 1.29 is 9.59 Å². The number of rotatable bonds is 3. The Labute approximate surface area is 105 Å². The minimum absolute atomic E-state index is 0.220.